The van der Waals surface area contributed by atoms with Gasteiger partial charge in [0.2, 0.25) is 5.95 Å². The zero-order chi connectivity index (χ0) is 20.5. The SMILES string of the molecule is CC(CO)Nc1nc(Nc2cccc(CNCCN3CCCCC3)c2)ncc1Br. The van der Waals surface area contributed by atoms with E-state index in [1.54, 1.807) is 6.20 Å². The van der Waals surface area contributed by atoms with Gasteiger partial charge in [0.25, 0.3) is 0 Å². The van der Waals surface area contributed by atoms with Crippen molar-refractivity contribution in [2.45, 2.75) is 38.8 Å². The van der Waals surface area contributed by atoms with Gasteiger partial charge in [-0.2, -0.15) is 4.98 Å². The molecule has 1 unspecified atom stereocenters. The van der Waals surface area contributed by atoms with Crippen LogP contribution in [0.5, 0.6) is 0 Å². The number of nitrogens with zero attached hydrogens (tertiary/aromatic N) is 3. The molecular weight excluding hydrogens is 432 g/mol. The second-order valence-electron chi connectivity index (χ2n) is 7.52. The molecule has 1 aliphatic rings. The number of hydrogen-bond donors (Lipinski definition) is 4. The van der Waals surface area contributed by atoms with Crippen molar-refractivity contribution in [3.8, 4) is 0 Å². The normalized spacial score (nSPS) is 15.8. The standard InChI is InChI=1S/C21H31BrN6O/c1-16(15-29)25-20-19(22)14-24-21(27-20)26-18-7-5-6-17(12-18)13-23-8-11-28-9-3-2-4-10-28/h5-7,12,14,16,23,29H,2-4,8-11,13,15H2,1H3,(H2,24,25,26,27). The van der Waals surface area contributed by atoms with Gasteiger partial charge in [-0.15, -0.1) is 0 Å². The molecule has 158 valence electrons. The molecular formula is C21H31BrN6O. The number of anilines is 3. The predicted molar refractivity (Wildman–Crippen MR) is 122 cm³/mol. The van der Waals surface area contributed by atoms with Crippen LogP contribution in [0.3, 0.4) is 0 Å². The average Bonchev–Trinajstić information content (AvgIpc) is 2.74. The molecule has 2 aromatic rings. The van der Waals surface area contributed by atoms with Crippen LogP contribution in [0.2, 0.25) is 0 Å². The van der Waals surface area contributed by atoms with Gasteiger partial charge in [-0.05, 0) is 66.5 Å². The van der Waals surface area contributed by atoms with Gasteiger partial charge in [0, 0.05) is 37.6 Å². The third-order valence-corrected chi connectivity index (χ3v) is 5.55. The van der Waals surface area contributed by atoms with Gasteiger partial charge in [0.1, 0.15) is 5.82 Å². The molecule has 29 heavy (non-hydrogen) atoms. The second kappa shape index (κ2) is 11.4. The molecule has 0 amide bonds. The quantitative estimate of drug-likeness (QED) is 0.402. The van der Waals surface area contributed by atoms with E-state index in [2.05, 4.69) is 58.9 Å². The summed E-state index contributed by atoms with van der Waals surface area (Å²) in [5.74, 6) is 1.16. The zero-order valence-corrected chi connectivity index (χ0v) is 18.6. The Bertz CT molecular complexity index is 769. The summed E-state index contributed by atoms with van der Waals surface area (Å²) in [6, 6.07) is 8.19. The number of nitrogens with one attached hydrogen (secondary N) is 3. The van der Waals surface area contributed by atoms with Crippen LogP contribution in [0.1, 0.15) is 31.7 Å². The van der Waals surface area contributed by atoms with E-state index in [9.17, 15) is 5.11 Å². The van der Waals surface area contributed by atoms with Crippen LogP contribution in [-0.4, -0.2) is 58.8 Å². The highest BCUT2D eigenvalue weighted by atomic mass is 79.9. The molecule has 0 aliphatic carbocycles. The van der Waals surface area contributed by atoms with Gasteiger partial charge in [-0.25, -0.2) is 4.98 Å². The molecule has 0 radical (unpaired) electrons. The van der Waals surface area contributed by atoms with E-state index in [-0.39, 0.29) is 12.6 Å². The highest BCUT2D eigenvalue weighted by Crippen LogP contribution is 2.23. The van der Waals surface area contributed by atoms with Crippen molar-refractivity contribution < 1.29 is 5.11 Å². The fraction of sp³-hybridized carbons (Fsp3) is 0.524. The lowest BCUT2D eigenvalue weighted by Crippen LogP contribution is -2.35. The number of piperidine rings is 1. The fourth-order valence-corrected chi connectivity index (χ4v) is 3.65. The largest absolute Gasteiger partial charge is 0.394 e. The first-order valence-electron chi connectivity index (χ1n) is 10.3. The summed E-state index contributed by atoms with van der Waals surface area (Å²) in [7, 11) is 0. The lowest BCUT2D eigenvalue weighted by Gasteiger charge is -2.26. The maximum Gasteiger partial charge on any atom is 0.229 e. The summed E-state index contributed by atoms with van der Waals surface area (Å²) in [5, 5.41) is 19.2. The predicted octanol–water partition coefficient (Wildman–Crippen LogP) is 3.35. The number of aliphatic hydroxyl groups excluding tert-OH is 1. The molecule has 7 nitrogen and oxygen atoms in total. The first kappa shape index (κ1) is 22.0. The zero-order valence-electron chi connectivity index (χ0n) is 17.0. The van der Waals surface area contributed by atoms with Crippen LogP contribution >= 0.6 is 15.9 Å². The van der Waals surface area contributed by atoms with E-state index < -0.39 is 0 Å². The number of benzene rings is 1. The average molecular weight is 463 g/mol. The number of aliphatic hydroxyl groups is 1. The van der Waals surface area contributed by atoms with E-state index in [4.69, 9.17) is 0 Å². The summed E-state index contributed by atoms with van der Waals surface area (Å²) in [6.07, 6.45) is 5.75. The first-order valence-corrected chi connectivity index (χ1v) is 11.1. The lowest BCUT2D eigenvalue weighted by atomic mass is 10.1. The first-order chi connectivity index (χ1) is 14.1. The van der Waals surface area contributed by atoms with Gasteiger partial charge < -0.3 is 26.0 Å². The Labute approximate surface area is 181 Å². The number of likely N-dealkylation sites (tertiary alicyclic amines) is 1. The van der Waals surface area contributed by atoms with Crippen molar-refractivity contribution in [2.75, 3.05) is 43.4 Å². The van der Waals surface area contributed by atoms with Gasteiger partial charge in [-0.3, -0.25) is 0 Å². The van der Waals surface area contributed by atoms with Crippen molar-refractivity contribution in [1.82, 2.24) is 20.2 Å². The maximum atomic E-state index is 9.24. The minimum Gasteiger partial charge on any atom is -0.394 e. The summed E-state index contributed by atoms with van der Waals surface area (Å²) in [5.41, 5.74) is 2.17. The Morgan fingerprint density at radius 1 is 1.24 bits per heavy atom. The van der Waals surface area contributed by atoms with Crippen LogP contribution in [0, 0.1) is 0 Å². The molecule has 4 N–H and O–H groups in total. The molecule has 1 saturated heterocycles. The van der Waals surface area contributed by atoms with E-state index >= 15 is 0 Å². The lowest BCUT2D eigenvalue weighted by molar-refractivity contribution is 0.229. The molecule has 0 saturated carbocycles. The molecule has 2 heterocycles. The number of rotatable bonds is 10. The summed E-state index contributed by atoms with van der Waals surface area (Å²) >= 11 is 3.44. The Balaban J connectivity index is 1.52. The minimum atomic E-state index is -0.0895. The van der Waals surface area contributed by atoms with E-state index in [0.717, 1.165) is 29.8 Å². The van der Waals surface area contributed by atoms with E-state index in [0.29, 0.717) is 11.8 Å². The molecule has 1 atom stereocenters. The van der Waals surface area contributed by atoms with Crippen molar-refractivity contribution in [2.24, 2.45) is 0 Å². The molecule has 3 rings (SSSR count). The number of hydrogen-bond acceptors (Lipinski definition) is 7. The smallest absolute Gasteiger partial charge is 0.229 e. The third-order valence-electron chi connectivity index (χ3n) is 4.97. The van der Waals surface area contributed by atoms with Crippen molar-refractivity contribution in [3.05, 3.63) is 40.5 Å². The van der Waals surface area contributed by atoms with Crippen LogP contribution < -0.4 is 16.0 Å². The highest BCUT2D eigenvalue weighted by Gasteiger charge is 2.10. The van der Waals surface area contributed by atoms with Crippen LogP contribution in [-0.2, 0) is 6.54 Å². The van der Waals surface area contributed by atoms with Crippen LogP contribution in [0.4, 0.5) is 17.5 Å². The molecule has 1 aliphatic heterocycles. The molecule has 0 bridgehead atoms. The van der Waals surface area contributed by atoms with Crippen LogP contribution in [0.25, 0.3) is 0 Å². The summed E-state index contributed by atoms with van der Waals surface area (Å²) in [4.78, 5) is 11.4. The third kappa shape index (κ3) is 7.22. The Hall–Kier alpha value is -1.74. The van der Waals surface area contributed by atoms with Gasteiger partial charge >= 0.3 is 0 Å². The van der Waals surface area contributed by atoms with Gasteiger partial charge in [0.05, 0.1) is 11.1 Å². The minimum absolute atomic E-state index is 0.0337. The van der Waals surface area contributed by atoms with Crippen molar-refractivity contribution in [1.29, 1.82) is 0 Å². The Morgan fingerprint density at radius 2 is 2.07 bits per heavy atom. The topological polar surface area (TPSA) is 85.3 Å². The second-order valence-corrected chi connectivity index (χ2v) is 8.38. The fourth-order valence-electron chi connectivity index (χ4n) is 3.35. The summed E-state index contributed by atoms with van der Waals surface area (Å²) < 4.78 is 0.759. The Morgan fingerprint density at radius 3 is 2.86 bits per heavy atom. The van der Waals surface area contributed by atoms with Crippen molar-refractivity contribution >= 4 is 33.4 Å². The van der Waals surface area contributed by atoms with E-state index in [1.807, 2.05) is 19.1 Å². The molecule has 1 aromatic carbocycles. The number of aromatic nitrogens is 2. The highest BCUT2D eigenvalue weighted by molar-refractivity contribution is 9.10. The monoisotopic (exact) mass is 462 g/mol. The van der Waals surface area contributed by atoms with Gasteiger partial charge in [0.15, 0.2) is 0 Å². The molecule has 0 spiro atoms. The Kier molecular flexibility index (Phi) is 8.67. The van der Waals surface area contributed by atoms with Gasteiger partial charge in [-0.1, -0.05) is 18.6 Å². The molecule has 1 fully saturated rings. The van der Waals surface area contributed by atoms with E-state index in [1.165, 1.54) is 37.9 Å². The maximum absolute atomic E-state index is 9.24. The molecule has 8 heteroatoms. The van der Waals surface area contributed by atoms with Crippen molar-refractivity contribution in [3.63, 3.8) is 0 Å². The summed E-state index contributed by atoms with van der Waals surface area (Å²) in [6.45, 7) is 7.36. The van der Waals surface area contributed by atoms with Crippen LogP contribution in [0.15, 0.2) is 34.9 Å². The number of halogens is 1. The molecule has 1 aromatic heterocycles.